The lowest BCUT2D eigenvalue weighted by Gasteiger charge is -2.18. The van der Waals surface area contributed by atoms with E-state index in [9.17, 15) is 8.78 Å². The molecule has 3 aromatic carbocycles. The summed E-state index contributed by atoms with van der Waals surface area (Å²) in [6, 6.07) is 21.3. The van der Waals surface area contributed by atoms with Crippen LogP contribution in [0.1, 0.15) is 11.1 Å². The van der Waals surface area contributed by atoms with Gasteiger partial charge < -0.3 is 9.47 Å². The average Bonchev–Trinajstić information content (AvgIpc) is 2.68. The van der Waals surface area contributed by atoms with Crippen LogP contribution >= 0.6 is 27.7 Å². The highest BCUT2D eigenvalue weighted by Crippen LogP contribution is 2.40. The molecule has 0 heterocycles. The highest BCUT2D eigenvalue weighted by Gasteiger charge is 2.32. The molecule has 0 fully saturated rings. The molecule has 0 aliphatic heterocycles. The lowest BCUT2D eigenvalue weighted by molar-refractivity contribution is 0.105. The van der Waals surface area contributed by atoms with Crippen molar-refractivity contribution < 1.29 is 18.3 Å². The normalized spacial score (nSPS) is 11.3. The van der Waals surface area contributed by atoms with Gasteiger partial charge in [0, 0.05) is 14.9 Å². The first-order valence-corrected chi connectivity index (χ1v) is 10.2. The summed E-state index contributed by atoms with van der Waals surface area (Å²) >= 11 is 3.92. The van der Waals surface area contributed by atoms with Crippen LogP contribution in [0, 0.1) is 0 Å². The van der Waals surface area contributed by atoms with Crippen LogP contribution in [0.25, 0.3) is 0 Å². The molecule has 0 radical (unpaired) electrons. The summed E-state index contributed by atoms with van der Waals surface area (Å²) in [6.45, 7) is 0.288. The van der Waals surface area contributed by atoms with E-state index in [0.29, 0.717) is 28.0 Å². The topological polar surface area (TPSA) is 18.5 Å². The molecule has 146 valence electrons. The third-order valence-electron chi connectivity index (χ3n) is 3.98. The summed E-state index contributed by atoms with van der Waals surface area (Å²) in [7, 11) is 1.60. The number of alkyl halides is 2. The van der Waals surface area contributed by atoms with Crippen molar-refractivity contribution in [2.45, 2.75) is 23.2 Å². The Hall–Kier alpha value is -2.05. The number of hydrogen-bond acceptors (Lipinski definition) is 3. The highest BCUT2D eigenvalue weighted by atomic mass is 79.9. The smallest absolute Gasteiger partial charge is 0.302 e. The molecule has 0 saturated heterocycles. The zero-order valence-electron chi connectivity index (χ0n) is 15.2. The Labute approximate surface area is 176 Å². The van der Waals surface area contributed by atoms with Crippen molar-refractivity contribution in [1.82, 2.24) is 0 Å². The second-order valence-corrected chi connectivity index (χ2v) is 8.31. The van der Waals surface area contributed by atoms with Gasteiger partial charge >= 0.3 is 5.25 Å². The molecule has 2 nitrogen and oxygen atoms in total. The van der Waals surface area contributed by atoms with Gasteiger partial charge in [0.1, 0.15) is 18.1 Å². The van der Waals surface area contributed by atoms with Gasteiger partial charge in [-0.1, -0.05) is 58.0 Å². The van der Waals surface area contributed by atoms with E-state index in [2.05, 4.69) is 15.9 Å². The fourth-order valence-corrected chi connectivity index (χ4v) is 3.90. The lowest BCUT2D eigenvalue weighted by Crippen LogP contribution is -2.15. The standard InChI is InChI=1S/C22H19BrF2O2S/c1-26-19-10-7-16(8-11-19)15-27-21-12-9-18(23)13-17(21)14-22(24,25)28-20-5-3-2-4-6-20/h2-13H,14-15H2,1H3. The van der Waals surface area contributed by atoms with Gasteiger partial charge in [0.2, 0.25) is 0 Å². The summed E-state index contributed by atoms with van der Waals surface area (Å²) < 4.78 is 41.0. The average molecular weight is 465 g/mol. The van der Waals surface area contributed by atoms with Crippen molar-refractivity contribution in [3.8, 4) is 11.5 Å². The Morgan fingerprint density at radius 3 is 2.36 bits per heavy atom. The molecule has 0 unspecified atom stereocenters. The molecule has 6 heteroatoms. The monoisotopic (exact) mass is 464 g/mol. The first-order chi connectivity index (χ1) is 13.4. The number of hydrogen-bond donors (Lipinski definition) is 0. The molecule has 0 bridgehead atoms. The van der Waals surface area contributed by atoms with E-state index in [-0.39, 0.29) is 6.61 Å². The Balaban J connectivity index is 1.72. The van der Waals surface area contributed by atoms with Gasteiger partial charge in [0.25, 0.3) is 0 Å². The SMILES string of the molecule is COc1ccc(COc2ccc(Br)cc2CC(F)(F)Sc2ccccc2)cc1. The van der Waals surface area contributed by atoms with Crippen molar-refractivity contribution in [1.29, 1.82) is 0 Å². The van der Waals surface area contributed by atoms with Gasteiger partial charge in [-0.2, -0.15) is 8.78 Å². The molecule has 0 aromatic heterocycles. The largest absolute Gasteiger partial charge is 0.497 e. The molecule has 0 aliphatic rings. The molecule has 0 saturated carbocycles. The van der Waals surface area contributed by atoms with Crippen molar-refractivity contribution >= 4 is 27.7 Å². The molecule has 0 amide bonds. The lowest BCUT2D eigenvalue weighted by atomic mass is 10.1. The first kappa shape index (κ1) is 20.7. The summed E-state index contributed by atoms with van der Waals surface area (Å²) in [5.74, 6) is 1.21. The van der Waals surface area contributed by atoms with E-state index in [1.165, 1.54) is 0 Å². The number of methoxy groups -OCH3 is 1. The van der Waals surface area contributed by atoms with Crippen LogP contribution in [0.3, 0.4) is 0 Å². The van der Waals surface area contributed by atoms with Crippen LogP contribution < -0.4 is 9.47 Å². The molecular weight excluding hydrogens is 446 g/mol. The van der Waals surface area contributed by atoms with E-state index in [0.717, 1.165) is 15.8 Å². The van der Waals surface area contributed by atoms with Crippen LogP contribution in [0.5, 0.6) is 11.5 Å². The minimum absolute atomic E-state index is 0.288. The fourth-order valence-electron chi connectivity index (χ4n) is 2.63. The van der Waals surface area contributed by atoms with Crippen molar-refractivity contribution in [2.75, 3.05) is 7.11 Å². The van der Waals surface area contributed by atoms with Gasteiger partial charge in [-0.25, -0.2) is 0 Å². The Bertz CT molecular complexity index is 902. The van der Waals surface area contributed by atoms with Gasteiger partial charge in [0.05, 0.1) is 13.5 Å². The number of thioether (sulfide) groups is 1. The zero-order valence-corrected chi connectivity index (χ0v) is 17.6. The van der Waals surface area contributed by atoms with Gasteiger partial charge in [0.15, 0.2) is 0 Å². The first-order valence-electron chi connectivity index (χ1n) is 8.61. The van der Waals surface area contributed by atoms with Crippen molar-refractivity contribution in [3.63, 3.8) is 0 Å². The van der Waals surface area contributed by atoms with Crippen molar-refractivity contribution in [3.05, 3.63) is 88.4 Å². The third kappa shape index (κ3) is 5.97. The highest BCUT2D eigenvalue weighted by molar-refractivity contribution is 9.10. The van der Waals surface area contributed by atoms with E-state index in [4.69, 9.17) is 9.47 Å². The Kier molecular flexibility index (Phi) is 6.97. The second-order valence-electron chi connectivity index (χ2n) is 6.12. The number of benzene rings is 3. The third-order valence-corrected chi connectivity index (χ3v) is 5.43. The van der Waals surface area contributed by atoms with E-state index in [1.54, 1.807) is 49.6 Å². The molecular formula is C22H19BrF2O2S. The summed E-state index contributed by atoms with van der Waals surface area (Å²) in [5.41, 5.74) is 1.39. The maximum Gasteiger partial charge on any atom is 0.302 e. The number of halogens is 3. The van der Waals surface area contributed by atoms with Crippen LogP contribution in [0.2, 0.25) is 0 Å². The van der Waals surface area contributed by atoms with E-state index >= 15 is 0 Å². The fraction of sp³-hybridized carbons (Fsp3) is 0.182. The molecule has 3 rings (SSSR count). The van der Waals surface area contributed by atoms with Crippen LogP contribution in [-0.4, -0.2) is 12.4 Å². The Morgan fingerprint density at radius 2 is 1.68 bits per heavy atom. The summed E-state index contributed by atoms with van der Waals surface area (Å²) in [4.78, 5) is 0.531. The Morgan fingerprint density at radius 1 is 0.964 bits per heavy atom. The van der Waals surface area contributed by atoms with Crippen LogP contribution in [0.15, 0.2) is 82.2 Å². The van der Waals surface area contributed by atoms with Gasteiger partial charge in [-0.05, 0) is 48.0 Å². The van der Waals surface area contributed by atoms with Gasteiger partial charge in [-0.3, -0.25) is 0 Å². The number of rotatable bonds is 8. The van der Waals surface area contributed by atoms with Crippen LogP contribution in [-0.2, 0) is 13.0 Å². The molecule has 28 heavy (non-hydrogen) atoms. The van der Waals surface area contributed by atoms with Crippen molar-refractivity contribution in [2.24, 2.45) is 0 Å². The van der Waals surface area contributed by atoms with E-state index in [1.807, 2.05) is 30.3 Å². The predicted octanol–water partition coefficient (Wildman–Crippen LogP) is 6.96. The molecule has 0 atom stereocenters. The maximum absolute atomic E-state index is 14.6. The van der Waals surface area contributed by atoms with Crippen LogP contribution in [0.4, 0.5) is 8.78 Å². The minimum atomic E-state index is -2.96. The zero-order chi connectivity index (χ0) is 20.0. The molecule has 0 N–H and O–H groups in total. The summed E-state index contributed by atoms with van der Waals surface area (Å²) in [6.07, 6.45) is -0.427. The second kappa shape index (κ2) is 9.43. The predicted molar refractivity (Wildman–Crippen MR) is 112 cm³/mol. The molecule has 0 aliphatic carbocycles. The van der Waals surface area contributed by atoms with Gasteiger partial charge in [-0.15, -0.1) is 0 Å². The van der Waals surface area contributed by atoms with E-state index < -0.39 is 11.7 Å². The minimum Gasteiger partial charge on any atom is -0.497 e. The molecule has 3 aromatic rings. The number of ether oxygens (including phenoxy) is 2. The quantitative estimate of drug-likeness (QED) is 0.335. The maximum atomic E-state index is 14.6. The summed E-state index contributed by atoms with van der Waals surface area (Å²) in [5, 5.41) is -2.96. The molecule has 0 spiro atoms.